The van der Waals surface area contributed by atoms with Crippen LogP contribution in [-0.2, 0) is 6.54 Å². The lowest BCUT2D eigenvalue weighted by atomic mass is 10.0. The topological polar surface area (TPSA) is 111 Å². The van der Waals surface area contributed by atoms with Crippen molar-refractivity contribution in [1.29, 1.82) is 0 Å². The number of hydrogen-bond donors (Lipinski definition) is 1. The van der Waals surface area contributed by atoms with Crippen LogP contribution in [0.15, 0.2) is 59.4 Å². The number of tetrazole rings is 1. The van der Waals surface area contributed by atoms with Crippen molar-refractivity contribution in [2.75, 3.05) is 0 Å². The molecule has 1 N–H and O–H groups in total. The number of nitrogens with zero attached hydrogens (tertiary/aromatic N) is 6. The molecular weight excluding hydrogens is 418 g/mol. The van der Waals surface area contributed by atoms with Crippen molar-refractivity contribution in [3.8, 4) is 22.5 Å². The molecule has 0 spiro atoms. The van der Waals surface area contributed by atoms with Crippen molar-refractivity contribution in [1.82, 2.24) is 35.0 Å². The maximum absolute atomic E-state index is 12.9. The zero-order chi connectivity index (χ0) is 23.2. The first kappa shape index (κ1) is 22.1. The second kappa shape index (κ2) is 9.99. The molecule has 9 nitrogen and oxygen atoms in total. The SMILES string of the molecule is CCC=Cc1nn(C(=O)CCC)c(=O)n1Cc1ccc(-c2cccc(-c3nn[nH]n3)c2)cc1. The molecule has 9 heteroatoms. The van der Waals surface area contributed by atoms with E-state index < -0.39 is 5.69 Å². The number of allylic oxidation sites excluding steroid dienone is 1. The van der Waals surface area contributed by atoms with E-state index >= 15 is 0 Å². The molecule has 0 bridgehead atoms. The molecule has 2 aromatic heterocycles. The highest BCUT2D eigenvalue weighted by Gasteiger charge is 2.16. The number of hydrogen-bond acceptors (Lipinski definition) is 6. The van der Waals surface area contributed by atoms with Gasteiger partial charge in [0.15, 0.2) is 5.82 Å². The number of carbonyl (C=O) groups excluding carboxylic acids is 1. The molecule has 2 aromatic carbocycles. The van der Waals surface area contributed by atoms with Gasteiger partial charge in [-0.1, -0.05) is 62.4 Å². The van der Waals surface area contributed by atoms with E-state index in [1.54, 1.807) is 6.08 Å². The third kappa shape index (κ3) is 4.87. The summed E-state index contributed by atoms with van der Waals surface area (Å²) in [5.41, 5.74) is 3.43. The van der Waals surface area contributed by atoms with E-state index in [1.807, 2.05) is 68.5 Å². The number of aromatic amines is 1. The summed E-state index contributed by atoms with van der Waals surface area (Å²) in [4.78, 5) is 25.2. The summed E-state index contributed by atoms with van der Waals surface area (Å²) < 4.78 is 2.52. The van der Waals surface area contributed by atoms with Gasteiger partial charge in [-0.3, -0.25) is 9.36 Å². The maximum atomic E-state index is 12.9. The normalized spacial score (nSPS) is 11.3. The van der Waals surface area contributed by atoms with E-state index in [2.05, 4.69) is 25.7 Å². The van der Waals surface area contributed by atoms with Crippen LogP contribution >= 0.6 is 0 Å². The van der Waals surface area contributed by atoms with Crippen LogP contribution in [0, 0.1) is 0 Å². The van der Waals surface area contributed by atoms with Crippen molar-refractivity contribution < 1.29 is 4.79 Å². The average Bonchev–Trinajstić information content (AvgIpc) is 3.48. The van der Waals surface area contributed by atoms with Crippen molar-refractivity contribution in [2.45, 2.75) is 39.7 Å². The molecule has 0 aliphatic rings. The van der Waals surface area contributed by atoms with E-state index in [0.717, 1.165) is 33.4 Å². The van der Waals surface area contributed by atoms with E-state index in [4.69, 9.17) is 0 Å². The van der Waals surface area contributed by atoms with Gasteiger partial charge in [0.25, 0.3) is 5.91 Å². The number of aromatic nitrogens is 7. The van der Waals surface area contributed by atoms with Gasteiger partial charge in [0.2, 0.25) is 5.82 Å². The van der Waals surface area contributed by atoms with Crippen molar-refractivity contribution in [3.63, 3.8) is 0 Å². The Balaban J connectivity index is 1.61. The van der Waals surface area contributed by atoms with Gasteiger partial charge < -0.3 is 0 Å². The van der Waals surface area contributed by atoms with Crippen molar-refractivity contribution in [3.05, 3.63) is 76.5 Å². The quantitative estimate of drug-likeness (QED) is 0.443. The zero-order valence-corrected chi connectivity index (χ0v) is 18.6. The molecule has 0 fully saturated rings. The maximum Gasteiger partial charge on any atom is 0.353 e. The smallest absolute Gasteiger partial charge is 0.272 e. The highest BCUT2D eigenvalue weighted by molar-refractivity contribution is 5.77. The van der Waals surface area contributed by atoms with E-state index in [0.29, 0.717) is 24.6 Å². The van der Waals surface area contributed by atoms with Gasteiger partial charge in [0.05, 0.1) is 6.54 Å². The summed E-state index contributed by atoms with van der Waals surface area (Å²) in [6.45, 7) is 4.23. The van der Waals surface area contributed by atoms with E-state index in [9.17, 15) is 9.59 Å². The fourth-order valence-electron chi connectivity index (χ4n) is 3.50. The zero-order valence-electron chi connectivity index (χ0n) is 18.6. The second-order valence-electron chi connectivity index (χ2n) is 7.61. The van der Waals surface area contributed by atoms with Gasteiger partial charge >= 0.3 is 5.69 Å². The summed E-state index contributed by atoms with van der Waals surface area (Å²) in [6.07, 6.45) is 5.46. The van der Waals surface area contributed by atoms with Crippen LogP contribution in [0.5, 0.6) is 0 Å². The molecule has 0 amide bonds. The third-order valence-corrected chi connectivity index (χ3v) is 5.19. The molecular formula is C24H25N7O2. The molecule has 0 saturated carbocycles. The molecule has 0 aliphatic heterocycles. The molecule has 4 rings (SSSR count). The molecule has 0 unspecified atom stereocenters. The van der Waals surface area contributed by atoms with E-state index in [1.165, 1.54) is 4.57 Å². The summed E-state index contributed by atoms with van der Waals surface area (Å²) >= 11 is 0. The predicted octanol–water partition coefficient (Wildman–Crippen LogP) is 3.80. The molecule has 168 valence electrons. The third-order valence-electron chi connectivity index (χ3n) is 5.19. The first-order valence-corrected chi connectivity index (χ1v) is 10.9. The standard InChI is InChI=1S/C24H25N7O2/c1-3-5-10-21-27-31(22(32)7-4-2)24(33)30(21)16-17-11-13-18(14-12-17)19-8-6-9-20(15-19)23-25-28-29-26-23/h5-6,8-15H,3-4,7,16H2,1-2H3,(H,25,26,28,29). The Hall–Kier alpha value is -4.14. The van der Waals surface area contributed by atoms with Gasteiger partial charge in [-0.15, -0.1) is 20.0 Å². The Morgan fingerprint density at radius 1 is 1.06 bits per heavy atom. The largest absolute Gasteiger partial charge is 0.353 e. The van der Waals surface area contributed by atoms with Gasteiger partial charge in [-0.2, -0.15) is 5.21 Å². The molecule has 0 saturated heterocycles. The lowest BCUT2D eigenvalue weighted by Gasteiger charge is -2.07. The summed E-state index contributed by atoms with van der Waals surface area (Å²) in [5, 5.41) is 18.4. The van der Waals surface area contributed by atoms with Crippen LogP contribution in [0.2, 0.25) is 0 Å². The molecule has 0 aliphatic carbocycles. The molecule has 2 heterocycles. The summed E-state index contributed by atoms with van der Waals surface area (Å²) in [7, 11) is 0. The number of nitrogens with one attached hydrogen (secondary N) is 1. The van der Waals surface area contributed by atoms with Crippen molar-refractivity contribution >= 4 is 12.0 Å². The van der Waals surface area contributed by atoms with Gasteiger partial charge in [0, 0.05) is 12.0 Å². The Kier molecular flexibility index (Phi) is 6.68. The van der Waals surface area contributed by atoms with Crippen molar-refractivity contribution in [2.24, 2.45) is 0 Å². The van der Waals surface area contributed by atoms with E-state index in [-0.39, 0.29) is 12.3 Å². The number of H-pyrrole nitrogens is 1. The Bertz CT molecular complexity index is 1320. The monoisotopic (exact) mass is 443 g/mol. The van der Waals surface area contributed by atoms with Gasteiger partial charge in [0.1, 0.15) is 0 Å². The number of carbonyl (C=O) groups is 1. The number of benzene rings is 2. The molecule has 33 heavy (non-hydrogen) atoms. The Morgan fingerprint density at radius 2 is 1.85 bits per heavy atom. The van der Waals surface area contributed by atoms with Crippen LogP contribution in [0.4, 0.5) is 0 Å². The van der Waals surface area contributed by atoms with Gasteiger partial charge in [-0.05, 0) is 46.9 Å². The van der Waals surface area contributed by atoms with Crippen LogP contribution in [0.3, 0.4) is 0 Å². The number of rotatable bonds is 8. The van der Waals surface area contributed by atoms with Crippen LogP contribution in [0.1, 0.15) is 49.3 Å². The fraction of sp³-hybridized carbons (Fsp3) is 0.250. The first-order chi connectivity index (χ1) is 16.1. The summed E-state index contributed by atoms with van der Waals surface area (Å²) in [6, 6.07) is 15.8. The minimum Gasteiger partial charge on any atom is -0.272 e. The minimum absolute atomic E-state index is 0.283. The van der Waals surface area contributed by atoms with Gasteiger partial charge in [-0.25, -0.2) is 4.79 Å². The highest BCUT2D eigenvalue weighted by atomic mass is 16.2. The lowest BCUT2D eigenvalue weighted by molar-refractivity contribution is 0.0880. The molecule has 4 aromatic rings. The Morgan fingerprint density at radius 3 is 2.55 bits per heavy atom. The summed E-state index contributed by atoms with van der Waals surface area (Å²) in [5.74, 6) is 0.725. The average molecular weight is 444 g/mol. The predicted molar refractivity (Wildman–Crippen MR) is 125 cm³/mol. The highest BCUT2D eigenvalue weighted by Crippen LogP contribution is 2.24. The van der Waals surface area contributed by atoms with Crippen LogP contribution in [-0.4, -0.2) is 40.9 Å². The fourth-order valence-corrected chi connectivity index (χ4v) is 3.50. The second-order valence-corrected chi connectivity index (χ2v) is 7.61. The minimum atomic E-state index is -0.416. The lowest BCUT2D eigenvalue weighted by Crippen LogP contribution is -2.30. The van der Waals surface area contributed by atoms with Crippen LogP contribution in [0.25, 0.3) is 28.6 Å². The van der Waals surface area contributed by atoms with Crippen LogP contribution < -0.4 is 5.69 Å². The first-order valence-electron chi connectivity index (χ1n) is 10.9. The molecule has 0 radical (unpaired) electrons. The molecule has 0 atom stereocenters. The Labute approximate surface area is 190 Å².